The van der Waals surface area contributed by atoms with E-state index in [1.807, 2.05) is 14.2 Å². The number of ether oxygens (including phenoxy) is 1. The maximum absolute atomic E-state index is 5.39. The maximum atomic E-state index is 5.39. The van der Waals surface area contributed by atoms with Crippen molar-refractivity contribution in [3.05, 3.63) is 0 Å². The third-order valence-electron chi connectivity index (χ3n) is 7.88. The van der Waals surface area contributed by atoms with Crippen LogP contribution in [0.1, 0.15) is 64.2 Å². The Hall–Kier alpha value is -0.120. The number of hydrogen-bond acceptors (Lipinski definition) is 4. The van der Waals surface area contributed by atoms with Gasteiger partial charge in [-0.25, -0.2) is 0 Å². The van der Waals surface area contributed by atoms with Crippen LogP contribution in [0.5, 0.6) is 0 Å². The summed E-state index contributed by atoms with van der Waals surface area (Å²) < 4.78 is 5.39. The van der Waals surface area contributed by atoms with E-state index in [4.69, 9.17) is 4.74 Å². The number of rotatable bonds is 8. The molecule has 7 heteroatoms. The topological polar surface area (TPSA) is 52.1 Å². The summed E-state index contributed by atoms with van der Waals surface area (Å²) >= 11 is 0. The molecule has 2 heterocycles. The molecule has 3 aliphatic rings. The molecule has 3 rings (SSSR count). The maximum Gasteiger partial charge on any atom is 0.191 e. The SMILES string of the molecule is CN=C(NCC1(CCOC)CCCC1)NCC1(N2CCCCC2)CCN(C)CC1.I. The van der Waals surface area contributed by atoms with Gasteiger partial charge in [-0.3, -0.25) is 9.89 Å². The second kappa shape index (κ2) is 12.8. The quantitative estimate of drug-likeness (QED) is 0.284. The summed E-state index contributed by atoms with van der Waals surface area (Å²) in [5.74, 6) is 0.976. The van der Waals surface area contributed by atoms with Gasteiger partial charge in [0, 0.05) is 39.4 Å². The molecule has 3 fully saturated rings. The monoisotopic (exact) mass is 535 g/mol. The van der Waals surface area contributed by atoms with Crippen molar-refractivity contribution in [3.8, 4) is 0 Å². The van der Waals surface area contributed by atoms with E-state index in [-0.39, 0.29) is 29.5 Å². The second-order valence-electron chi connectivity index (χ2n) is 9.80. The largest absolute Gasteiger partial charge is 0.385 e. The molecule has 0 spiro atoms. The molecular weight excluding hydrogens is 489 g/mol. The first kappa shape index (κ1) is 26.1. The van der Waals surface area contributed by atoms with E-state index >= 15 is 0 Å². The van der Waals surface area contributed by atoms with Crippen molar-refractivity contribution in [2.75, 3.05) is 67.1 Å². The average molecular weight is 536 g/mol. The van der Waals surface area contributed by atoms with Crippen LogP contribution in [0.2, 0.25) is 0 Å². The number of nitrogens with one attached hydrogen (secondary N) is 2. The van der Waals surface area contributed by atoms with Crippen LogP contribution in [-0.4, -0.2) is 88.4 Å². The molecule has 0 atom stereocenters. The van der Waals surface area contributed by atoms with E-state index in [0.29, 0.717) is 5.41 Å². The minimum atomic E-state index is 0. The Bertz CT molecular complexity index is 510. The Morgan fingerprint density at radius 3 is 2.13 bits per heavy atom. The predicted molar refractivity (Wildman–Crippen MR) is 137 cm³/mol. The number of guanidine groups is 1. The highest BCUT2D eigenvalue weighted by Crippen LogP contribution is 2.40. The number of aliphatic imine (C=N–C) groups is 1. The van der Waals surface area contributed by atoms with Crippen molar-refractivity contribution in [1.82, 2.24) is 20.4 Å². The van der Waals surface area contributed by atoms with Gasteiger partial charge in [-0.1, -0.05) is 19.3 Å². The highest BCUT2D eigenvalue weighted by atomic mass is 127. The van der Waals surface area contributed by atoms with Crippen molar-refractivity contribution in [1.29, 1.82) is 0 Å². The number of likely N-dealkylation sites (tertiary alicyclic amines) is 2. The zero-order valence-corrected chi connectivity index (χ0v) is 22.0. The van der Waals surface area contributed by atoms with Crippen molar-refractivity contribution in [2.24, 2.45) is 10.4 Å². The van der Waals surface area contributed by atoms with Crippen LogP contribution in [0, 0.1) is 5.41 Å². The first-order chi connectivity index (χ1) is 14.1. The lowest BCUT2D eigenvalue weighted by molar-refractivity contribution is 0.0173. The van der Waals surface area contributed by atoms with Crippen molar-refractivity contribution in [3.63, 3.8) is 0 Å². The van der Waals surface area contributed by atoms with Crippen LogP contribution in [0.15, 0.2) is 4.99 Å². The number of halogens is 1. The van der Waals surface area contributed by atoms with Gasteiger partial charge >= 0.3 is 0 Å². The molecule has 0 unspecified atom stereocenters. The summed E-state index contributed by atoms with van der Waals surface area (Å²) in [6.07, 6.45) is 13.1. The summed E-state index contributed by atoms with van der Waals surface area (Å²) in [6, 6.07) is 0. The fourth-order valence-electron chi connectivity index (χ4n) is 5.71. The van der Waals surface area contributed by atoms with Gasteiger partial charge < -0.3 is 20.3 Å². The summed E-state index contributed by atoms with van der Waals surface area (Å²) in [5, 5.41) is 7.42. The number of hydrogen-bond donors (Lipinski definition) is 2. The van der Waals surface area contributed by atoms with E-state index in [1.54, 1.807) is 0 Å². The standard InChI is InChI=1S/C23H45N5O.HI/c1-24-21(25-19-22(13-18-29-3)9-5-6-10-22)26-20-23(11-16-27(2)17-12-23)28-14-7-4-8-15-28;/h4-20H2,1-3H3,(H2,24,25,26);1H. The van der Waals surface area contributed by atoms with Crippen LogP contribution in [0.4, 0.5) is 0 Å². The minimum absolute atomic E-state index is 0. The fraction of sp³-hybridized carbons (Fsp3) is 0.957. The third kappa shape index (κ3) is 6.94. The number of piperidine rings is 2. The lowest BCUT2D eigenvalue weighted by Gasteiger charge is -2.50. The molecule has 0 aromatic heterocycles. The van der Waals surface area contributed by atoms with Gasteiger partial charge in [-0.15, -0.1) is 24.0 Å². The highest BCUT2D eigenvalue weighted by Gasteiger charge is 2.40. The number of nitrogens with zero attached hydrogens (tertiary/aromatic N) is 3. The van der Waals surface area contributed by atoms with Gasteiger partial charge in [0.2, 0.25) is 0 Å². The fourth-order valence-corrected chi connectivity index (χ4v) is 5.71. The minimum Gasteiger partial charge on any atom is -0.385 e. The molecule has 6 nitrogen and oxygen atoms in total. The molecule has 2 saturated heterocycles. The van der Waals surface area contributed by atoms with Crippen molar-refractivity contribution >= 4 is 29.9 Å². The molecule has 30 heavy (non-hydrogen) atoms. The Labute approximate surface area is 202 Å². The Balaban J connectivity index is 0.00000320. The van der Waals surface area contributed by atoms with E-state index < -0.39 is 0 Å². The molecule has 1 saturated carbocycles. The molecule has 0 radical (unpaired) electrons. The van der Waals surface area contributed by atoms with Gasteiger partial charge in [-0.05, 0) is 83.6 Å². The summed E-state index contributed by atoms with van der Waals surface area (Å²) in [6.45, 7) is 7.80. The van der Waals surface area contributed by atoms with Gasteiger partial charge in [0.1, 0.15) is 0 Å². The lowest BCUT2D eigenvalue weighted by atomic mass is 9.83. The Morgan fingerprint density at radius 1 is 0.900 bits per heavy atom. The van der Waals surface area contributed by atoms with E-state index in [1.165, 1.54) is 84.0 Å². The van der Waals surface area contributed by atoms with Crippen LogP contribution in [0.25, 0.3) is 0 Å². The molecular formula is C23H46IN5O. The van der Waals surface area contributed by atoms with Crippen LogP contribution < -0.4 is 10.6 Å². The van der Waals surface area contributed by atoms with Crippen LogP contribution in [-0.2, 0) is 4.74 Å². The second-order valence-corrected chi connectivity index (χ2v) is 9.80. The number of methoxy groups -OCH3 is 1. The zero-order chi connectivity index (χ0) is 20.6. The molecule has 176 valence electrons. The molecule has 2 N–H and O–H groups in total. The van der Waals surface area contributed by atoms with Gasteiger partial charge in [0.05, 0.1) is 0 Å². The molecule has 0 aromatic carbocycles. The third-order valence-corrected chi connectivity index (χ3v) is 7.88. The predicted octanol–water partition coefficient (Wildman–Crippen LogP) is 3.32. The summed E-state index contributed by atoms with van der Waals surface area (Å²) in [4.78, 5) is 9.84. The van der Waals surface area contributed by atoms with Crippen molar-refractivity contribution < 1.29 is 4.74 Å². The lowest BCUT2D eigenvalue weighted by Crippen LogP contribution is -2.62. The van der Waals surface area contributed by atoms with E-state index in [9.17, 15) is 0 Å². The molecule has 1 aliphatic carbocycles. The van der Waals surface area contributed by atoms with Gasteiger partial charge in [-0.2, -0.15) is 0 Å². The van der Waals surface area contributed by atoms with E-state index in [2.05, 4.69) is 32.5 Å². The average Bonchev–Trinajstić information content (AvgIpc) is 3.23. The molecule has 0 bridgehead atoms. The van der Waals surface area contributed by atoms with Crippen LogP contribution >= 0.6 is 24.0 Å². The zero-order valence-electron chi connectivity index (χ0n) is 19.7. The highest BCUT2D eigenvalue weighted by molar-refractivity contribution is 14.0. The Morgan fingerprint density at radius 2 is 1.53 bits per heavy atom. The molecule has 0 amide bonds. The van der Waals surface area contributed by atoms with E-state index in [0.717, 1.165) is 32.1 Å². The summed E-state index contributed by atoms with van der Waals surface area (Å²) in [7, 11) is 5.99. The van der Waals surface area contributed by atoms with Crippen molar-refractivity contribution in [2.45, 2.75) is 69.7 Å². The summed E-state index contributed by atoms with van der Waals surface area (Å²) in [5.41, 5.74) is 0.664. The van der Waals surface area contributed by atoms with Gasteiger partial charge in [0.15, 0.2) is 5.96 Å². The molecule has 2 aliphatic heterocycles. The van der Waals surface area contributed by atoms with Gasteiger partial charge in [0.25, 0.3) is 0 Å². The smallest absolute Gasteiger partial charge is 0.191 e. The molecule has 0 aromatic rings. The first-order valence-corrected chi connectivity index (χ1v) is 12.0. The normalized spacial score (nSPS) is 25.0. The Kier molecular flexibility index (Phi) is 11.1. The first-order valence-electron chi connectivity index (χ1n) is 12.0. The van der Waals surface area contributed by atoms with Crippen LogP contribution in [0.3, 0.4) is 0 Å².